The number of aryl methyl sites for hydroxylation is 1. The van der Waals surface area contributed by atoms with Crippen LogP contribution in [-0.4, -0.2) is 17.2 Å². The summed E-state index contributed by atoms with van der Waals surface area (Å²) in [6, 6.07) is 4.02. The smallest absolute Gasteiger partial charge is 0.264 e. The van der Waals surface area contributed by atoms with Gasteiger partial charge < -0.3 is 14.6 Å². The number of rotatable bonds is 5. The summed E-state index contributed by atoms with van der Waals surface area (Å²) >= 11 is 6.99. The maximum absolute atomic E-state index is 5.69. The molecule has 2 rings (SSSR count). The van der Waals surface area contributed by atoms with Crippen LogP contribution in [0.25, 0.3) is 0 Å². The molecule has 0 bridgehead atoms. The molecule has 7 heteroatoms. The lowest BCUT2D eigenvalue weighted by molar-refractivity contribution is 0.240. The molecule has 2 aromatic rings. The van der Waals surface area contributed by atoms with Crippen molar-refractivity contribution in [2.24, 2.45) is 0 Å². The van der Waals surface area contributed by atoms with E-state index in [-0.39, 0.29) is 6.61 Å². The molecule has 0 aliphatic rings. The first kappa shape index (κ1) is 14.5. The van der Waals surface area contributed by atoms with Gasteiger partial charge in [0, 0.05) is 6.54 Å². The Bertz CT molecular complexity index is 549. The number of halogens is 2. The molecule has 0 fully saturated rings. The van der Waals surface area contributed by atoms with E-state index in [1.807, 2.05) is 19.2 Å². The molecular weight excluding hydrogens is 378 g/mol. The first-order chi connectivity index (χ1) is 9.10. The fourth-order valence-electron chi connectivity index (χ4n) is 1.59. The van der Waals surface area contributed by atoms with E-state index in [0.29, 0.717) is 11.7 Å². The minimum absolute atomic E-state index is 0.239. The average molecular weight is 391 g/mol. The maximum atomic E-state index is 5.69. The van der Waals surface area contributed by atoms with Crippen molar-refractivity contribution >= 4 is 31.9 Å². The number of nitrogens with one attached hydrogen (secondary N) is 1. The number of hydrogen-bond acceptors (Lipinski definition) is 5. The van der Waals surface area contributed by atoms with Gasteiger partial charge in [-0.05, 0) is 63.5 Å². The van der Waals surface area contributed by atoms with E-state index in [0.717, 1.165) is 26.8 Å². The predicted molar refractivity (Wildman–Crippen MR) is 78.0 cm³/mol. The van der Waals surface area contributed by atoms with Crippen molar-refractivity contribution < 1.29 is 9.26 Å². The van der Waals surface area contributed by atoms with Gasteiger partial charge in [0.25, 0.3) is 5.89 Å². The van der Waals surface area contributed by atoms with Gasteiger partial charge >= 0.3 is 0 Å². The number of nitrogens with zero attached hydrogens (tertiary/aromatic N) is 2. The monoisotopic (exact) mass is 389 g/mol. The highest BCUT2D eigenvalue weighted by Gasteiger charge is 2.11. The van der Waals surface area contributed by atoms with Gasteiger partial charge in [0.2, 0.25) is 0 Å². The summed E-state index contributed by atoms with van der Waals surface area (Å²) in [5, 5.41) is 6.82. The zero-order valence-electron chi connectivity index (χ0n) is 10.5. The van der Waals surface area contributed by atoms with Crippen molar-refractivity contribution in [2.75, 3.05) is 7.05 Å². The zero-order chi connectivity index (χ0) is 13.8. The van der Waals surface area contributed by atoms with Crippen LogP contribution in [0.4, 0.5) is 0 Å². The molecule has 1 heterocycles. The number of hydrogen-bond donors (Lipinski definition) is 1. The van der Waals surface area contributed by atoms with Crippen LogP contribution in [-0.2, 0) is 13.2 Å². The quantitative estimate of drug-likeness (QED) is 0.849. The van der Waals surface area contributed by atoms with Gasteiger partial charge in [-0.1, -0.05) is 5.16 Å². The second-order valence-electron chi connectivity index (χ2n) is 3.94. The van der Waals surface area contributed by atoms with Crippen molar-refractivity contribution in [1.82, 2.24) is 15.5 Å². The van der Waals surface area contributed by atoms with Crippen LogP contribution in [0.3, 0.4) is 0 Å². The van der Waals surface area contributed by atoms with E-state index in [1.54, 1.807) is 6.92 Å². The second kappa shape index (κ2) is 6.49. The highest BCUT2D eigenvalue weighted by molar-refractivity contribution is 9.11. The minimum atomic E-state index is 0.239. The Labute approximate surface area is 128 Å². The van der Waals surface area contributed by atoms with E-state index in [9.17, 15) is 0 Å². The van der Waals surface area contributed by atoms with Gasteiger partial charge in [-0.2, -0.15) is 4.98 Å². The summed E-state index contributed by atoms with van der Waals surface area (Å²) in [5.41, 5.74) is 1.15. The summed E-state index contributed by atoms with van der Waals surface area (Å²) in [7, 11) is 1.91. The largest absolute Gasteiger partial charge is 0.481 e. The normalized spacial score (nSPS) is 10.7. The average Bonchev–Trinajstić information content (AvgIpc) is 2.74. The van der Waals surface area contributed by atoms with Gasteiger partial charge in [0.1, 0.15) is 5.75 Å². The molecule has 0 radical (unpaired) electrons. The van der Waals surface area contributed by atoms with Crippen LogP contribution in [0.2, 0.25) is 0 Å². The zero-order valence-corrected chi connectivity index (χ0v) is 13.7. The van der Waals surface area contributed by atoms with Crippen molar-refractivity contribution in [2.45, 2.75) is 20.1 Å². The van der Waals surface area contributed by atoms with Crippen LogP contribution in [0, 0.1) is 6.92 Å². The third-order valence-electron chi connectivity index (χ3n) is 2.35. The standard InChI is InChI=1S/C12H13Br2N3O2/c1-7-16-11(19-17-7)6-18-12-9(13)3-8(5-15-2)4-10(12)14/h3-4,15H,5-6H2,1-2H3. The van der Waals surface area contributed by atoms with Crippen LogP contribution in [0.5, 0.6) is 5.75 Å². The fourth-order valence-corrected chi connectivity index (χ4v) is 3.10. The summed E-state index contributed by atoms with van der Waals surface area (Å²) in [5.74, 6) is 1.77. The molecule has 0 aliphatic carbocycles. The van der Waals surface area contributed by atoms with Gasteiger partial charge in [0.15, 0.2) is 12.4 Å². The Balaban J connectivity index is 2.11. The molecule has 19 heavy (non-hydrogen) atoms. The number of ether oxygens (including phenoxy) is 1. The second-order valence-corrected chi connectivity index (χ2v) is 5.65. The number of benzene rings is 1. The molecule has 1 aromatic carbocycles. The lowest BCUT2D eigenvalue weighted by atomic mass is 10.2. The Morgan fingerprint density at radius 2 is 2.00 bits per heavy atom. The Morgan fingerprint density at radius 1 is 1.32 bits per heavy atom. The molecule has 0 saturated carbocycles. The Morgan fingerprint density at radius 3 is 2.53 bits per heavy atom. The van der Waals surface area contributed by atoms with E-state index in [2.05, 4.69) is 47.3 Å². The molecule has 102 valence electrons. The minimum Gasteiger partial charge on any atom is -0.481 e. The topological polar surface area (TPSA) is 60.2 Å². The molecule has 1 N–H and O–H groups in total. The molecule has 0 aliphatic heterocycles. The highest BCUT2D eigenvalue weighted by Crippen LogP contribution is 2.35. The van der Waals surface area contributed by atoms with Crippen LogP contribution in [0.1, 0.15) is 17.3 Å². The molecule has 0 amide bonds. The molecule has 0 saturated heterocycles. The van der Waals surface area contributed by atoms with Gasteiger partial charge in [0.05, 0.1) is 8.95 Å². The van der Waals surface area contributed by atoms with Crippen molar-refractivity contribution in [1.29, 1.82) is 0 Å². The molecule has 5 nitrogen and oxygen atoms in total. The SMILES string of the molecule is CNCc1cc(Br)c(OCc2nc(C)no2)c(Br)c1. The van der Waals surface area contributed by atoms with Crippen LogP contribution < -0.4 is 10.1 Å². The Kier molecular flexibility index (Phi) is 4.95. The van der Waals surface area contributed by atoms with E-state index in [4.69, 9.17) is 9.26 Å². The third-order valence-corrected chi connectivity index (χ3v) is 3.53. The van der Waals surface area contributed by atoms with Gasteiger partial charge in [-0.15, -0.1) is 0 Å². The van der Waals surface area contributed by atoms with Crippen molar-refractivity contribution in [3.63, 3.8) is 0 Å². The molecule has 0 atom stereocenters. The van der Waals surface area contributed by atoms with Gasteiger partial charge in [-0.3, -0.25) is 0 Å². The van der Waals surface area contributed by atoms with Crippen molar-refractivity contribution in [3.8, 4) is 5.75 Å². The summed E-state index contributed by atoms with van der Waals surface area (Å²) in [4.78, 5) is 4.09. The highest BCUT2D eigenvalue weighted by atomic mass is 79.9. The molecule has 0 unspecified atom stereocenters. The van der Waals surface area contributed by atoms with E-state index < -0.39 is 0 Å². The summed E-state index contributed by atoms with van der Waals surface area (Å²) in [6.07, 6.45) is 0. The van der Waals surface area contributed by atoms with Crippen molar-refractivity contribution in [3.05, 3.63) is 38.4 Å². The van der Waals surface area contributed by atoms with Crippen LogP contribution in [0.15, 0.2) is 25.6 Å². The first-order valence-electron chi connectivity index (χ1n) is 5.64. The Hall–Kier alpha value is -0.920. The lowest BCUT2D eigenvalue weighted by Gasteiger charge is -2.10. The first-order valence-corrected chi connectivity index (χ1v) is 7.23. The number of aromatic nitrogens is 2. The van der Waals surface area contributed by atoms with E-state index in [1.165, 1.54) is 0 Å². The maximum Gasteiger partial charge on any atom is 0.264 e. The molecular formula is C12H13Br2N3O2. The van der Waals surface area contributed by atoms with Crippen LogP contribution >= 0.6 is 31.9 Å². The molecule has 0 spiro atoms. The summed E-state index contributed by atoms with van der Waals surface area (Å²) in [6.45, 7) is 2.80. The predicted octanol–water partition coefficient (Wildman–Crippen LogP) is 3.20. The van der Waals surface area contributed by atoms with Gasteiger partial charge in [-0.25, -0.2) is 0 Å². The molecule has 1 aromatic heterocycles. The van der Waals surface area contributed by atoms with E-state index >= 15 is 0 Å². The fraction of sp³-hybridized carbons (Fsp3) is 0.333. The lowest BCUT2D eigenvalue weighted by Crippen LogP contribution is -2.05. The summed E-state index contributed by atoms with van der Waals surface area (Å²) < 4.78 is 12.4. The third kappa shape index (κ3) is 3.77.